The van der Waals surface area contributed by atoms with Gasteiger partial charge in [-0.3, -0.25) is 14.5 Å². The summed E-state index contributed by atoms with van der Waals surface area (Å²) in [5.41, 5.74) is 0. The van der Waals surface area contributed by atoms with E-state index < -0.39 is 6.03 Å². The fourth-order valence-electron chi connectivity index (χ4n) is 1.87. The minimum Gasteiger partial charge on any atom is -0.368 e. The van der Waals surface area contributed by atoms with Crippen LogP contribution in [0.2, 0.25) is 0 Å². The van der Waals surface area contributed by atoms with Gasteiger partial charge >= 0.3 is 6.03 Å². The summed E-state index contributed by atoms with van der Waals surface area (Å²) < 4.78 is 5.21. The largest absolute Gasteiger partial charge is 0.368 e. The van der Waals surface area contributed by atoms with Crippen LogP contribution in [0.4, 0.5) is 4.79 Å². The van der Waals surface area contributed by atoms with Crippen molar-refractivity contribution < 1.29 is 19.1 Å². The van der Waals surface area contributed by atoms with E-state index in [1.165, 1.54) is 0 Å². The molecule has 0 saturated carbocycles. The second-order valence-corrected chi connectivity index (χ2v) is 4.00. The van der Waals surface area contributed by atoms with Crippen molar-refractivity contribution in [3.63, 3.8) is 0 Å². The van der Waals surface area contributed by atoms with Crippen LogP contribution in [0.15, 0.2) is 0 Å². The van der Waals surface area contributed by atoms with E-state index in [0.29, 0.717) is 6.61 Å². The Balaban J connectivity index is 1.70. The van der Waals surface area contributed by atoms with Crippen LogP contribution in [0.25, 0.3) is 0 Å². The number of hydrogen-bond donors (Lipinski definition) is 2. The molecule has 1 atom stereocenters. The molecule has 0 radical (unpaired) electrons. The van der Waals surface area contributed by atoms with E-state index in [2.05, 4.69) is 10.6 Å². The molecular weight excluding hydrogens is 226 g/mol. The van der Waals surface area contributed by atoms with E-state index in [4.69, 9.17) is 4.74 Å². The van der Waals surface area contributed by atoms with Gasteiger partial charge in [-0.05, 0) is 12.8 Å². The van der Waals surface area contributed by atoms with Gasteiger partial charge in [-0.1, -0.05) is 0 Å². The maximum Gasteiger partial charge on any atom is 0.324 e. The molecule has 2 saturated heterocycles. The molecule has 94 valence electrons. The quantitative estimate of drug-likeness (QED) is 0.607. The number of urea groups is 1. The highest BCUT2D eigenvalue weighted by Crippen LogP contribution is 2.11. The zero-order valence-electron chi connectivity index (χ0n) is 9.40. The second-order valence-electron chi connectivity index (χ2n) is 4.00. The number of carbonyl (C=O) groups excluding carboxylic acids is 3. The molecule has 0 aromatic heterocycles. The molecular formula is C10H15N3O4. The average Bonchev–Trinajstić information content (AvgIpc) is 2.93. The van der Waals surface area contributed by atoms with Crippen molar-refractivity contribution in [2.75, 3.05) is 26.2 Å². The lowest BCUT2D eigenvalue weighted by Crippen LogP contribution is -2.41. The van der Waals surface area contributed by atoms with Gasteiger partial charge in [0, 0.05) is 19.7 Å². The van der Waals surface area contributed by atoms with E-state index in [1.807, 2.05) is 0 Å². The number of carbonyl (C=O) groups is 3. The van der Waals surface area contributed by atoms with Crippen molar-refractivity contribution in [2.45, 2.75) is 18.9 Å². The molecule has 2 aliphatic rings. The monoisotopic (exact) mass is 241 g/mol. The van der Waals surface area contributed by atoms with E-state index >= 15 is 0 Å². The molecule has 0 aromatic rings. The van der Waals surface area contributed by atoms with Gasteiger partial charge in [-0.25, -0.2) is 4.79 Å². The summed E-state index contributed by atoms with van der Waals surface area (Å²) in [6.07, 6.45) is 1.25. The van der Waals surface area contributed by atoms with Crippen molar-refractivity contribution in [1.29, 1.82) is 0 Å². The van der Waals surface area contributed by atoms with Crippen LogP contribution in [0, 0.1) is 0 Å². The first-order valence-electron chi connectivity index (χ1n) is 5.66. The molecule has 17 heavy (non-hydrogen) atoms. The van der Waals surface area contributed by atoms with Crippen LogP contribution >= 0.6 is 0 Å². The van der Waals surface area contributed by atoms with Gasteiger partial charge in [-0.2, -0.15) is 0 Å². The molecule has 2 rings (SSSR count). The number of ether oxygens (including phenoxy) is 1. The lowest BCUT2D eigenvalue weighted by Gasteiger charge is -2.14. The summed E-state index contributed by atoms with van der Waals surface area (Å²) in [5.74, 6) is -0.434. The standard InChI is InChI=1S/C10H15N3O4/c14-8-6-12-10(16)13(8)4-3-11-9(15)7-2-1-5-17-7/h7H,1-6H2,(H,11,15)(H,12,16). The minimum absolute atomic E-state index is 0.0402. The second kappa shape index (κ2) is 5.13. The van der Waals surface area contributed by atoms with Crippen LogP contribution < -0.4 is 10.6 Å². The van der Waals surface area contributed by atoms with Crippen molar-refractivity contribution in [3.8, 4) is 0 Å². The molecule has 7 nitrogen and oxygen atoms in total. The molecule has 0 aliphatic carbocycles. The van der Waals surface area contributed by atoms with Gasteiger partial charge in [0.15, 0.2) is 0 Å². The minimum atomic E-state index is -0.402. The third-order valence-corrected chi connectivity index (χ3v) is 2.79. The average molecular weight is 241 g/mol. The number of nitrogens with zero attached hydrogens (tertiary/aromatic N) is 1. The SMILES string of the molecule is O=C(NCCN1C(=O)CNC1=O)C1CCCO1. The molecule has 4 amide bonds. The highest BCUT2D eigenvalue weighted by atomic mass is 16.5. The molecule has 0 spiro atoms. The lowest BCUT2D eigenvalue weighted by molar-refractivity contribution is -0.130. The zero-order valence-corrected chi connectivity index (χ0v) is 9.40. The third-order valence-electron chi connectivity index (χ3n) is 2.79. The van der Waals surface area contributed by atoms with Gasteiger partial charge < -0.3 is 15.4 Å². The number of hydrogen-bond acceptors (Lipinski definition) is 4. The molecule has 2 fully saturated rings. The van der Waals surface area contributed by atoms with E-state index in [-0.39, 0.29) is 37.6 Å². The smallest absolute Gasteiger partial charge is 0.324 e. The van der Waals surface area contributed by atoms with Crippen LogP contribution in [0.1, 0.15) is 12.8 Å². The molecule has 0 aromatic carbocycles. The summed E-state index contributed by atoms with van der Waals surface area (Å²) in [4.78, 5) is 35.0. The molecule has 7 heteroatoms. The fourth-order valence-corrected chi connectivity index (χ4v) is 1.87. The van der Waals surface area contributed by atoms with Crippen molar-refractivity contribution >= 4 is 17.8 Å². The number of nitrogens with one attached hydrogen (secondary N) is 2. The van der Waals surface area contributed by atoms with E-state index in [1.54, 1.807) is 0 Å². The lowest BCUT2D eigenvalue weighted by atomic mass is 10.2. The molecule has 0 bridgehead atoms. The molecule has 1 unspecified atom stereocenters. The van der Waals surface area contributed by atoms with Crippen molar-refractivity contribution in [1.82, 2.24) is 15.5 Å². The van der Waals surface area contributed by atoms with Crippen LogP contribution in [-0.2, 0) is 14.3 Å². The maximum absolute atomic E-state index is 11.5. The Bertz CT molecular complexity index is 322. The summed E-state index contributed by atoms with van der Waals surface area (Å²) >= 11 is 0. The van der Waals surface area contributed by atoms with Crippen molar-refractivity contribution in [3.05, 3.63) is 0 Å². The third kappa shape index (κ3) is 2.73. The van der Waals surface area contributed by atoms with Gasteiger partial charge in [0.2, 0.25) is 11.8 Å². The first-order chi connectivity index (χ1) is 8.18. The Morgan fingerprint density at radius 3 is 2.94 bits per heavy atom. The molecule has 2 heterocycles. The highest BCUT2D eigenvalue weighted by Gasteiger charge is 2.28. The summed E-state index contributed by atoms with van der Waals surface area (Å²) in [6, 6.07) is -0.402. The van der Waals surface area contributed by atoms with Crippen LogP contribution in [0.5, 0.6) is 0 Å². The summed E-state index contributed by atoms with van der Waals surface area (Å²) in [6.45, 7) is 1.12. The van der Waals surface area contributed by atoms with Gasteiger partial charge in [-0.15, -0.1) is 0 Å². The number of rotatable bonds is 4. The normalized spacial score (nSPS) is 24.0. The zero-order chi connectivity index (χ0) is 12.3. The van der Waals surface area contributed by atoms with Gasteiger partial charge in [0.05, 0.1) is 6.54 Å². The predicted molar refractivity (Wildman–Crippen MR) is 57.1 cm³/mol. The Labute approximate surface area is 98.5 Å². The van der Waals surface area contributed by atoms with Crippen LogP contribution in [-0.4, -0.2) is 55.1 Å². The fraction of sp³-hybridized carbons (Fsp3) is 0.700. The number of imide groups is 1. The first-order valence-corrected chi connectivity index (χ1v) is 5.66. The van der Waals surface area contributed by atoms with Crippen molar-refractivity contribution in [2.24, 2.45) is 0 Å². The molecule has 2 aliphatic heterocycles. The van der Waals surface area contributed by atoms with Gasteiger partial charge in [0.1, 0.15) is 6.10 Å². The Morgan fingerprint density at radius 1 is 1.53 bits per heavy atom. The molecule has 2 N–H and O–H groups in total. The first kappa shape index (κ1) is 11.8. The predicted octanol–water partition coefficient (Wildman–Crippen LogP) is -1.17. The summed E-state index contributed by atoms with van der Waals surface area (Å²) in [7, 11) is 0. The summed E-state index contributed by atoms with van der Waals surface area (Å²) in [5, 5.41) is 5.07. The number of amides is 4. The Hall–Kier alpha value is -1.63. The highest BCUT2D eigenvalue weighted by molar-refractivity contribution is 6.01. The van der Waals surface area contributed by atoms with Gasteiger partial charge in [0.25, 0.3) is 0 Å². The maximum atomic E-state index is 11.5. The van der Waals surface area contributed by atoms with E-state index in [0.717, 1.165) is 17.7 Å². The van der Waals surface area contributed by atoms with Crippen LogP contribution in [0.3, 0.4) is 0 Å². The van der Waals surface area contributed by atoms with E-state index in [9.17, 15) is 14.4 Å². The topological polar surface area (TPSA) is 87.7 Å². The Kier molecular flexibility index (Phi) is 3.58. The Morgan fingerprint density at radius 2 is 2.35 bits per heavy atom.